The lowest BCUT2D eigenvalue weighted by molar-refractivity contribution is -0.125. The SMILES string of the molecule is C=CCN1C(=O)C(C)Oc2ccc(NC(=O)c3ccccc3C)cc21. The van der Waals surface area contributed by atoms with Gasteiger partial charge in [0.2, 0.25) is 0 Å². The lowest BCUT2D eigenvalue weighted by atomic mass is 10.1. The van der Waals surface area contributed by atoms with E-state index in [1.54, 1.807) is 42.2 Å². The molecule has 0 spiro atoms. The molecule has 5 nitrogen and oxygen atoms in total. The second kappa shape index (κ2) is 6.81. The van der Waals surface area contributed by atoms with E-state index in [1.807, 2.05) is 25.1 Å². The Bertz CT molecular complexity index is 845. The minimum Gasteiger partial charge on any atom is -0.479 e. The fraction of sp³-hybridized carbons (Fsp3) is 0.200. The minimum absolute atomic E-state index is 0.130. The molecule has 128 valence electrons. The van der Waals surface area contributed by atoms with Crippen LogP contribution < -0.4 is 15.0 Å². The van der Waals surface area contributed by atoms with Crippen LogP contribution in [0.4, 0.5) is 11.4 Å². The molecular weight excluding hydrogens is 316 g/mol. The molecule has 25 heavy (non-hydrogen) atoms. The Balaban J connectivity index is 1.90. The van der Waals surface area contributed by atoms with Crippen LogP contribution in [0.25, 0.3) is 0 Å². The average Bonchev–Trinajstić information content (AvgIpc) is 2.60. The summed E-state index contributed by atoms with van der Waals surface area (Å²) in [4.78, 5) is 26.4. The van der Waals surface area contributed by atoms with E-state index >= 15 is 0 Å². The normalized spacial score (nSPS) is 16.0. The van der Waals surface area contributed by atoms with Crippen molar-refractivity contribution in [3.8, 4) is 5.75 Å². The number of hydrogen-bond donors (Lipinski definition) is 1. The molecule has 2 amide bonds. The Kier molecular flexibility index (Phi) is 4.57. The highest BCUT2D eigenvalue weighted by Gasteiger charge is 2.31. The van der Waals surface area contributed by atoms with Gasteiger partial charge in [0, 0.05) is 17.8 Å². The van der Waals surface area contributed by atoms with Gasteiger partial charge in [-0.3, -0.25) is 9.59 Å². The summed E-state index contributed by atoms with van der Waals surface area (Å²) in [5, 5.41) is 2.88. The van der Waals surface area contributed by atoms with Crippen LogP contribution in [-0.4, -0.2) is 24.5 Å². The van der Waals surface area contributed by atoms with Crippen LogP contribution in [0.3, 0.4) is 0 Å². The van der Waals surface area contributed by atoms with E-state index in [4.69, 9.17) is 4.74 Å². The third-order valence-electron chi connectivity index (χ3n) is 4.13. The highest BCUT2D eigenvalue weighted by atomic mass is 16.5. The molecule has 0 aliphatic carbocycles. The number of aryl methyl sites for hydroxylation is 1. The van der Waals surface area contributed by atoms with Gasteiger partial charge >= 0.3 is 0 Å². The topological polar surface area (TPSA) is 58.6 Å². The number of benzene rings is 2. The second-order valence-corrected chi connectivity index (χ2v) is 5.95. The Labute approximate surface area is 146 Å². The highest BCUT2D eigenvalue weighted by Crippen LogP contribution is 2.36. The van der Waals surface area contributed by atoms with Crippen LogP contribution in [0.15, 0.2) is 55.1 Å². The van der Waals surface area contributed by atoms with E-state index in [0.29, 0.717) is 29.2 Å². The molecule has 1 aliphatic heterocycles. The number of hydrogen-bond acceptors (Lipinski definition) is 3. The Hall–Kier alpha value is -3.08. The molecule has 2 aromatic rings. The molecule has 1 N–H and O–H groups in total. The summed E-state index contributed by atoms with van der Waals surface area (Å²) >= 11 is 0. The summed E-state index contributed by atoms with van der Waals surface area (Å²) in [5.74, 6) is 0.294. The first-order valence-corrected chi connectivity index (χ1v) is 8.11. The molecule has 0 fully saturated rings. The van der Waals surface area contributed by atoms with Crippen molar-refractivity contribution in [1.29, 1.82) is 0 Å². The summed E-state index contributed by atoms with van der Waals surface area (Å²) in [6.45, 7) is 7.69. The number of rotatable bonds is 4. The van der Waals surface area contributed by atoms with Crippen molar-refractivity contribution in [2.24, 2.45) is 0 Å². The van der Waals surface area contributed by atoms with E-state index in [0.717, 1.165) is 5.56 Å². The van der Waals surface area contributed by atoms with Crippen molar-refractivity contribution >= 4 is 23.2 Å². The zero-order valence-electron chi connectivity index (χ0n) is 14.3. The Morgan fingerprint density at radius 3 is 2.80 bits per heavy atom. The summed E-state index contributed by atoms with van der Waals surface area (Å²) < 4.78 is 5.65. The lowest BCUT2D eigenvalue weighted by Gasteiger charge is -2.32. The van der Waals surface area contributed by atoms with Gasteiger partial charge in [-0.15, -0.1) is 6.58 Å². The van der Waals surface area contributed by atoms with Crippen LogP contribution in [0.2, 0.25) is 0 Å². The maximum absolute atomic E-state index is 12.5. The van der Waals surface area contributed by atoms with Crippen molar-refractivity contribution in [1.82, 2.24) is 0 Å². The molecule has 3 rings (SSSR count). The van der Waals surface area contributed by atoms with E-state index in [1.165, 1.54) is 0 Å². The molecule has 0 saturated carbocycles. The van der Waals surface area contributed by atoms with Gasteiger partial charge in [-0.2, -0.15) is 0 Å². The largest absolute Gasteiger partial charge is 0.479 e. The Morgan fingerprint density at radius 1 is 1.32 bits per heavy atom. The average molecular weight is 336 g/mol. The van der Waals surface area contributed by atoms with E-state index in [-0.39, 0.29) is 11.8 Å². The summed E-state index contributed by atoms with van der Waals surface area (Å²) in [6, 6.07) is 12.7. The van der Waals surface area contributed by atoms with E-state index < -0.39 is 6.10 Å². The predicted molar refractivity (Wildman–Crippen MR) is 98.2 cm³/mol. The maximum atomic E-state index is 12.5. The van der Waals surface area contributed by atoms with Gasteiger partial charge in [0.25, 0.3) is 11.8 Å². The number of ether oxygens (including phenoxy) is 1. The number of fused-ring (bicyclic) bond motifs is 1. The van der Waals surface area contributed by atoms with Gasteiger partial charge in [0.15, 0.2) is 6.10 Å². The number of amides is 2. The number of anilines is 2. The molecule has 0 radical (unpaired) electrons. The summed E-state index contributed by atoms with van der Waals surface area (Å²) in [5.41, 5.74) is 2.75. The maximum Gasteiger partial charge on any atom is 0.268 e. The summed E-state index contributed by atoms with van der Waals surface area (Å²) in [6.07, 6.45) is 1.12. The molecule has 0 bridgehead atoms. The van der Waals surface area contributed by atoms with Gasteiger partial charge < -0.3 is 15.0 Å². The zero-order chi connectivity index (χ0) is 18.0. The fourth-order valence-electron chi connectivity index (χ4n) is 2.83. The van der Waals surface area contributed by atoms with Crippen LogP contribution in [-0.2, 0) is 4.79 Å². The number of nitrogens with one attached hydrogen (secondary N) is 1. The molecule has 2 aromatic carbocycles. The molecule has 5 heteroatoms. The molecular formula is C20H20N2O3. The van der Waals surface area contributed by atoms with Crippen LogP contribution >= 0.6 is 0 Å². The quantitative estimate of drug-likeness (QED) is 0.869. The van der Waals surface area contributed by atoms with Gasteiger partial charge in [0.05, 0.1) is 5.69 Å². The number of carbonyl (C=O) groups is 2. The molecule has 1 atom stereocenters. The van der Waals surface area contributed by atoms with Crippen LogP contribution in [0, 0.1) is 6.92 Å². The van der Waals surface area contributed by atoms with Crippen molar-refractivity contribution in [3.05, 3.63) is 66.2 Å². The number of nitrogens with zero attached hydrogens (tertiary/aromatic N) is 1. The highest BCUT2D eigenvalue weighted by molar-refractivity contribution is 6.06. The molecule has 1 aliphatic rings. The molecule has 1 unspecified atom stereocenters. The van der Waals surface area contributed by atoms with E-state index in [9.17, 15) is 9.59 Å². The monoisotopic (exact) mass is 336 g/mol. The smallest absolute Gasteiger partial charge is 0.268 e. The second-order valence-electron chi connectivity index (χ2n) is 5.95. The van der Waals surface area contributed by atoms with Crippen molar-refractivity contribution in [2.45, 2.75) is 20.0 Å². The van der Waals surface area contributed by atoms with Crippen molar-refractivity contribution < 1.29 is 14.3 Å². The first-order valence-electron chi connectivity index (χ1n) is 8.11. The Morgan fingerprint density at radius 2 is 2.08 bits per heavy atom. The first kappa shape index (κ1) is 16.8. The van der Waals surface area contributed by atoms with Gasteiger partial charge in [-0.1, -0.05) is 24.3 Å². The predicted octanol–water partition coefficient (Wildman–Crippen LogP) is 3.55. The minimum atomic E-state index is -0.542. The lowest BCUT2D eigenvalue weighted by Crippen LogP contribution is -2.44. The molecule has 1 heterocycles. The standard InChI is InChI=1S/C20H20N2O3/c1-4-11-22-17-12-15(9-10-18(17)25-14(3)20(22)24)21-19(23)16-8-6-5-7-13(16)2/h4-10,12,14H,1,11H2,2-3H3,(H,21,23). The van der Waals surface area contributed by atoms with Crippen molar-refractivity contribution in [2.75, 3.05) is 16.8 Å². The van der Waals surface area contributed by atoms with Crippen molar-refractivity contribution in [3.63, 3.8) is 0 Å². The van der Waals surface area contributed by atoms with Gasteiger partial charge in [0.1, 0.15) is 5.75 Å². The molecule has 0 saturated heterocycles. The van der Waals surface area contributed by atoms with Gasteiger partial charge in [-0.25, -0.2) is 0 Å². The van der Waals surface area contributed by atoms with Crippen LogP contribution in [0.1, 0.15) is 22.8 Å². The fourth-order valence-corrected chi connectivity index (χ4v) is 2.83. The van der Waals surface area contributed by atoms with E-state index in [2.05, 4.69) is 11.9 Å². The third kappa shape index (κ3) is 3.26. The first-order chi connectivity index (χ1) is 12.0. The van der Waals surface area contributed by atoms with Crippen LogP contribution in [0.5, 0.6) is 5.75 Å². The zero-order valence-corrected chi connectivity index (χ0v) is 14.3. The number of carbonyl (C=O) groups excluding carboxylic acids is 2. The summed E-state index contributed by atoms with van der Waals surface area (Å²) in [7, 11) is 0. The third-order valence-corrected chi connectivity index (χ3v) is 4.13. The van der Waals surface area contributed by atoms with Gasteiger partial charge in [-0.05, 0) is 43.7 Å². The molecule has 0 aromatic heterocycles.